The molecule has 1 amide bonds. The number of aromatic nitrogens is 1. The van der Waals surface area contributed by atoms with Crippen molar-refractivity contribution in [1.82, 2.24) is 15.6 Å². The summed E-state index contributed by atoms with van der Waals surface area (Å²) >= 11 is 0. The highest BCUT2D eigenvalue weighted by atomic mass is 16.5. The number of benzene rings is 1. The van der Waals surface area contributed by atoms with E-state index in [0.29, 0.717) is 6.54 Å². The van der Waals surface area contributed by atoms with Gasteiger partial charge in [-0.05, 0) is 31.2 Å². The lowest BCUT2D eigenvalue weighted by atomic mass is 10.1. The number of hydrogen-bond acceptors (Lipinski definition) is 6. The molecular weight excluding hydrogens is 366 g/mol. The molecule has 2 aromatic rings. The van der Waals surface area contributed by atoms with Crippen LogP contribution in [-0.4, -0.2) is 57.3 Å². The summed E-state index contributed by atoms with van der Waals surface area (Å²) in [7, 11) is 1.71. The highest BCUT2D eigenvalue weighted by Gasteiger charge is 2.24. The van der Waals surface area contributed by atoms with Gasteiger partial charge in [0.25, 0.3) is 0 Å². The summed E-state index contributed by atoms with van der Waals surface area (Å²) in [6.45, 7) is 5.77. The van der Waals surface area contributed by atoms with Crippen LogP contribution in [0.4, 0.5) is 11.5 Å². The molecule has 0 spiro atoms. The molecule has 2 saturated heterocycles. The molecule has 0 saturated carbocycles. The molecule has 1 aromatic heterocycles. The van der Waals surface area contributed by atoms with E-state index in [0.717, 1.165) is 68.5 Å². The number of para-hydroxylation sites is 2. The molecule has 1 aromatic carbocycles. The molecule has 2 N–H and O–H groups in total. The van der Waals surface area contributed by atoms with E-state index in [1.165, 1.54) is 0 Å². The SMILES string of the molecule is COc1ccccc1N1CCN(c2ncccc2CNC(=O)C2CCNC2)CC1. The van der Waals surface area contributed by atoms with Crippen LogP contribution >= 0.6 is 0 Å². The fourth-order valence-corrected chi connectivity index (χ4v) is 4.11. The maximum Gasteiger partial charge on any atom is 0.224 e. The number of amides is 1. The summed E-state index contributed by atoms with van der Waals surface area (Å²) in [5.74, 6) is 2.09. The Kier molecular flexibility index (Phi) is 6.14. The highest BCUT2D eigenvalue weighted by molar-refractivity contribution is 5.79. The molecule has 1 unspecified atom stereocenters. The second kappa shape index (κ2) is 9.13. The molecule has 1 atom stereocenters. The normalized spacial score (nSPS) is 19.3. The van der Waals surface area contributed by atoms with Crippen molar-refractivity contribution in [2.45, 2.75) is 13.0 Å². The van der Waals surface area contributed by atoms with Crippen molar-refractivity contribution >= 4 is 17.4 Å². The summed E-state index contributed by atoms with van der Waals surface area (Å²) in [6, 6.07) is 12.1. The number of nitrogens with one attached hydrogen (secondary N) is 2. The molecule has 2 aliphatic rings. The first-order chi connectivity index (χ1) is 14.3. The van der Waals surface area contributed by atoms with Gasteiger partial charge in [-0.2, -0.15) is 0 Å². The average Bonchev–Trinajstić information content (AvgIpc) is 3.33. The molecule has 0 radical (unpaired) electrons. The first kappa shape index (κ1) is 19.5. The first-order valence-electron chi connectivity index (χ1n) is 10.3. The van der Waals surface area contributed by atoms with Crippen molar-refractivity contribution < 1.29 is 9.53 Å². The Morgan fingerprint density at radius 2 is 1.97 bits per heavy atom. The summed E-state index contributed by atoms with van der Waals surface area (Å²) in [5.41, 5.74) is 2.20. The zero-order valence-electron chi connectivity index (χ0n) is 16.9. The predicted octanol–water partition coefficient (Wildman–Crippen LogP) is 1.64. The Morgan fingerprint density at radius 3 is 2.72 bits per heavy atom. The Labute approximate surface area is 172 Å². The van der Waals surface area contributed by atoms with Crippen molar-refractivity contribution in [3.8, 4) is 5.75 Å². The number of carbonyl (C=O) groups excluding carboxylic acids is 1. The monoisotopic (exact) mass is 395 g/mol. The highest BCUT2D eigenvalue weighted by Crippen LogP contribution is 2.29. The van der Waals surface area contributed by atoms with Crippen molar-refractivity contribution in [2.24, 2.45) is 5.92 Å². The minimum absolute atomic E-state index is 0.0829. The van der Waals surface area contributed by atoms with E-state index < -0.39 is 0 Å². The number of nitrogens with zero attached hydrogens (tertiary/aromatic N) is 3. The van der Waals surface area contributed by atoms with Crippen molar-refractivity contribution in [3.63, 3.8) is 0 Å². The average molecular weight is 396 g/mol. The number of pyridine rings is 1. The standard InChI is InChI=1S/C22H29N5O2/c1-29-20-7-3-2-6-19(20)26-11-13-27(14-12-26)21-17(5-4-9-24-21)16-25-22(28)18-8-10-23-15-18/h2-7,9,18,23H,8,10-16H2,1H3,(H,25,28). The lowest BCUT2D eigenvalue weighted by molar-refractivity contribution is -0.124. The van der Waals surface area contributed by atoms with Crippen LogP contribution in [0.15, 0.2) is 42.6 Å². The summed E-state index contributed by atoms with van der Waals surface area (Å²) < 4.78 is 5.51. The number of methoxy groups -OCH3 is 1. The number of ether oxygens (including phenoxy) is 1. The number of anilines is 2. The van der Waals surface area contributed by atoms with Gasteiger partial charge in [-0.15, -0.1) is 0 Å². The first-order valence-corrected chi connectivity index (χ1v) is 10.3. The van der Waals surface area contributed by atoms with Gasteiger partial charge in [0.05, 0.1) is 18.7 Å². The molecule has 29 heavy (non-hydrogen) atoms. The van der Waals surface area contributed by atoms with Crippen LogP contribution in [0.25, 0.3) is 0 Å². The lowest BCUT2D eigenvalue weighted by Crippen LogP contribution is -2.47. The van der Waals surface area contributed by atoms with Gasteiger partial charge in [0.1, 0.15) is 11.6 Å². The van der Waals surface area contributed by atoms with Gasteiger partial charge >= 0.3 is 0 Å². The van der Waals surface area contributed by atoms with E-state index in [2.05, 4.69) is 37.6 Å². The van der Waals surface area contributed by atoms with E-state index in [9.17, 15) is 4.79 Å². The van der Waals surface area contributed by atoms with Crippen LogP contribution in [0.1, 0.15) is 12.0 Å². The quantitative estimate of drug-likeness (QED) is 0.775. The summed E-state index contributed by atoms with van der Waals surface area (Å²) in [6.07, 6.45) is 2.74. The van der Waals surface area contributed by atoms with Gasteiger partial charge in [0.2, 0.25) is 5.91 Å². The fourth-order valence-electron chi connectivity index (χ4n) is 4.11. The van der Waals surface area contributed by atoms with Gasteiger partial charge in [-0.25, -0.2) is 4.98 Å². The van der Waals surface area contributed by atoms with Gasteiger partial charge in [-0.3, -0.25) is 4.79 Å². The topological polar surface area (TPSA) is 69.7 Å². The molecule has 154 valence electrons. The predicted molar refractivity (Wildman–Crippen MR) is 114 cm³/mol. The molecule has 0 bridgehead atoms. The molecule has 4 rings (SSSR count). The molecule has 3 heterocycles. The van der Waals surface area contributed by atoms with E-state index in [1.54, 1.807) is 7.11 Å². The Bertz CT molecular complexity index is 829. The molecule has 0 aliphatic carbocycles. The Balaban J connectivity index is 1.39. The van der Waals surface area contributed by atoms with Gasteiger partial charge < -0.3 is 25.2 Å². The molecule has 7 nitrogen and oxygen atoms in total. The van der Waals surface area contributed by atoms with E-state index >= 15 is 0 Å². The summed E-state index contributed by atoms with van der Waals surface area (Å²) in [5, 5.41) is 6.34. The lowest BCUT2D eigenvalue weighted by Gasteiger charge is -2.37. The number of hydrogen-bond donors (Lipinski definition) is 2. The minimum Gasteiger partial charge on any atom is -0.495 e. The molecule has 2 fully saturated rings. The molecule has 2 aliphatic heterocycles. The zero-order valence-corrected chi connectivity index (χ0v) is 16.9. The number of rotatable bonds is 6. The molecule has 7 heteroatoms. The second-order valence-electron chi connectivity index (χ2n) is 7.54. The van der Waals surface area contributed by atoms with Crippen LogP contribution in [0.3, 0.4) is 0 Å². The Hall–Kier alpha value is -2.80. The van der Waals surface area contributed by atoms with Crippen molar-refractivity contribution in [3.05, 3.63) is 48.2 Å². The third-order valence-corrected chi connectivity index (χ3v) is 5.76. The van der Waals surface area contributed by atoms with Crippen LogP contribution in [0, 0.1) is 5.92 Å². The maximum absolute atomic E-state index is 12.4. The van der Waals surface area contributed by atoms with Gasteiger partial charge in [0.15, 0.2) is 0 Å². The molecular formula is C22H29N5O2. The third kappa shape index (κ3) is 4.45. The zero-order chi connectivity index (χ0) is 20.1. The van der Waals surface area contributed by atoms with Crippen LogP contribution in [-0.2, 0) is 11.3 Å². The smallest absolute Gasteiger partial charge is 0.224 e. The number of carbonyl (C=O) groups is 1. The maximum atomic E-state index is 12.4. The largest absolute Gasteiger partial charge is 0.495 e. The van der Waals surface area contributed by atoms with E-state index in [-0.39, 0.29) is 11.8 Å². The van der Waals surface area contributed by atoms with Gasteiger partial charge in [0, 0.05) is 51.0 Å². The summed E-state index contributed by atoms with van der Waals surface area (Å²) in [4.78, 5) is 21.7. The van der Waals surface area contributed by atoms with Crippen molar-refractivity contribution in [1.29, 1.82) is 0 Å². The minimum atomic E-state index is 0.0829. The van der Waals surface area contributed by atoms with Gasteiger partial charge in [-0.1, -0.05) is 18.2 Å². The van der Waals surface area contributed by atoms with Crippen LogP contribution in [0.5, 0.6) is 5.75 Å². The Morgan fingerprint density at radius 1 is 1.17 bits per heavy atom. The second-order valence-corrected chi connectivity index (χ2v) is 7.54. The van der Waals surface area contributed by atoms with E-state index in [1.807, 2.05) is 30.5 Å². The number of piperazine rings is 1. The third-order valence-electron chi connectivity index (χ3n) is 5.76. The fraction of sp³-hybridized carbons (Fsp3) is 0.455. The van der Waals surface area contributed by atoms with Crippen molar-refractivity contribution in [2.75, 3.05) is 56.2 Å². The van der Waals surface area contributed by atoms with Crippen LogP contribution in [0.2, 0.25) is 0 Å². The van der Waals surface area contributed by atoms with Crippen LogP contribution < -0.4 is 25.2 Å². The van der Waals surface area contributed by atoms with E-state index in [4.69, 9.17) is 4.74 Å².